The standard InChI is InChI=1S/C15H24O2/c1-9(2)13-8-15(4)10(3)5-12(16)6-11(15)7-14(13)17/h7,10,12-14,16-17H,1,5-6,8H2,2-4H3/t10-,12-,13-,14+,15+/m0/s1. The molecule has 2 heteroatoms. The molecule has 0 aromatic heterocycles. The minimum absolute atomic E-state index is 0.127. The van der Waals surface area contributed by atoms with E-state index in [1.54, 1.807) is 0 Å². The fourth-order valence-electron chi connectivity index (χ4n) is 3.51. The lowest BCUT2D eigenvalue weighted by molar-refractivity contribution is 0.0305. The summed E-state index contributed by atoms with van der Waals surface area (Å²) < 4.78 is 0. The Labute approximate surface area is 104 Å². The summed E-state index contributed by atoms with van der Waals surface area (Å²) in [5.41, 5.74) is 2.43. The van der Waals surface area contributed by atoms with Crippen LogP contribution < -0.4 is 0 Å². The smallest absolute Gasteiger partial charge is 0.0789 e. The van der Waals surface area contributed by atoms with Crippen molar-refractivity contribution in [3.05, 3.63) is 23.8 Å². The van der Waals surface area contributed by atoms with E-state index in [1.807, 2.05) is 13.0 Å². The van der Waals surface area contributed by atoms with Crippen LogP contribution >= 0.6 is 0 Å². The average molecular weight is 236 g/mol. The zero-order chi connectivity index (χ0) is 12.8. The number of hydrogen-bond acceptors (Lipinski definition) is 2. The summed E-state index contributed by atoms with van der Waals surface area (Å²) in [4.78, 5) is 0. The Morgan fingerprint density at radius 3 is 2.71 bits per heavy atom. The normalized spacial score (nSPS) is 46.1. The summed E-state index contributed by atoms with van der Waals surface area (Å²) in [6.45, 7) is 10.5. The lowest BCUT2D eigenvalue weighted by atomic mass is 9.57. The third kappa shape index (κ3) is 2.09. The highest BCUT2D eigenvalue weighted by molar-refractivity contribution is 5.27. The van der Waals surface area contributed by atoms with Gasteiger partial charge in [0.25, 0.3) is 0 Å². The van der Waals surface area contributed by atoms with E-state index in [9.17, 15) is 10.2 Å². The van der Waals surface area contributed by atoms with Gasteiger partial charge in [0.1, 0.15) is 0 Å². The second-order valence-corrected chi connectivity index (χ2v) is 6.25. The largest absolute Gasteiger partial charge is 0.393 e. The molecule has 2 rings (SSSR count). The van der Waals surface area contributed by atoms with Gasteiger partial charge in [0.15, 0.2) is 0 Å². The molecule has 2 aliphatic carbocycles. The first kappa shape index (κ1) is 12.8. The van der Waals surface area contributed by atoms with E-state index in [0.29, 0.717) is 5.92 Å². The number of hydrogen-bond donors (Lipinski definition) is 2. The highest BCUT2D eigenvalue weighted by atomic mass is 16.3. The molecule has 0 amide bonds. The first-order valence-corrected chi connectivity index (χ1v) is 6.57. The van der Waals surface area contributed by atoms with Gasteiger partial charge in [-0.1, -0.05) is 37.6 Å². The molecule has 0 spiro atoms. The predicted octanol–water partition coefficient (Wildman–Crippen LogP) is 2.67. The molecule has 0 unspecified atom stereocenters. The van der Waals surface area contributed by atoms with Crippen LogP contribution in [-0.2, 0) is 0 Å². The van der Waals surface area contributed by atoms with Gasteiger partial charge in [-0.15, -0.1) is 0 Å². The van der Waals surface area contributed by atoms with Crippen LogP contribution in [0.4, 0.5) is 0 Å². The Bertz CT molecular complexity index is 358. The Hall–Kier alpha value is -0.600. The summed E-state index contributed by atoms with van der Waals surface area (Å²) in [7, 11) is 0. The molecule has 96 valence electrons. The van der Waals surface area contributed by atoms with Crippen molar-refractivity contribution >= 4 is 0 Å². The van der Waals surface area contributed by atoms with Gasteiger partial charge < -0.3 is 10.2 Å². The minimum atomic E-state index is -0.423. The van der Waals surface area contributed by atoms with Crippen LogP contribution in [0.1, 0.15) is 40.0 Å². The third-order valence-electron chi connectivity index (χ3n) is 4.96. The number of aliphatic hydroxyl groups excluding tert-OH is 2. The van der Waals surface area contributed by atoms with Gasteiger partial charge in [-0.3, -0.25) is 0 Å². The molecule has 2 N–H and O–H groups in total. The fourth-order valence-corrected chi connectivity index (χ4v) is 3.51. The van der Waals surface area contributed by atoms with Crippen molar-refractivity contribution < 1.29 is 10.2 Å². The molecule has 0 aliphatic heterocycles. The third-order valence-corrected chi connectivity index (χ3v) is 4.96. The van der Waals surface area contributed by atoms with Crippen LogP contribution in [0.2, 0.25) is 0 Å². The fraction of sp³-hybridized carbons (Fsp3) is 0.733. The molecule has 5 atom stereocenters. The zero-order valence-electron chi connectivity index (χ0n) is 11.1. The lowest BCUT2D eigenvalue weighted by Crippen LogP contribution is -2.43. The highest BCUT2D eigenvalue weighted by Gasteiger charge is 2.45. The molecule has 0 aromatic rings. The molecule has 1 saturated carbocycles. The van der Waals surface area contributed by atoms with Gasteiger partial charge in [0.05, 0.1) is 12.2 Å². The van der Waals surface area contributed by atoms with Crippen LogP contribution in [0, 0.1) is 17.3 Å². The van der Waals surface area contributed by atoms with Crippen molar-refractivity contribution in [3.63, 3.8) is 0 Å². The molecular formula is C15H24O2. The molecule has 0 aromatic carbocycles. The zero-order valence-corrected chi connectivity index (χ0v) is 11.1. The molecule has 1 fully saturated rings. The second-order valence-electron chi connectivity index (χ2n) is 6.25. The predicted molar refractivity (Wildman–Crippen MR) is 69.5 cm³/mol. The van der Waals surface area contributed by atoms with Crippen molar-refractivity contribution in [1.29, 1.82) is 0 Å². The van der Waals surface area contributed by atoms with Crippen LogP contribution in [0.3, 0.4) is 0 Å². The second kappa shape index (κ2) is 4.25. The summed E-state index contributed by atoms with van der Waals surface area (Å²) in [6, 6.07) is 0. The number of rotatable bonds is 1. The first-order chi connectivity index (χ1) is 7.84. The molecule has 2 aliphatic rings. The molecule has 17 heavy (non-hydrogen) atoms. The van der Waals surface area contributed by atoms with E-state index in [4.69, 9.17) is 0 Å². The summed E-state index contributed by atoms with van der Waals surface area (Å²) in [5, 5.41) is 20.0. The van der Waals surface area contributed by atoms with E-state index < -0.39 is 6.10 Å². The Kier molecular flexibility index (Phi) is 3.21. The molecule has 2 nitrogen and oxygen atoms in total. The maximum atomic E-state index is 10.1. The molecule has 0 heterocycles. The Morgan fingerprint density at radius 2 is 2.12 bits per heavy atom. The van der Waals surface area contributed by atoms with Crippen LogP contribution in [0.5, 0.6) is 0 Å². The van der Waals surface area contributed by atoms with Crippen molar-refractivity contribution in [2.24, 2.45) is 17.3 Å². The monoisotopic (exact) mass is 236 g/mol. The van der Waals surface area contributed by atoms with Gasteiger partial charge in [-0.2, -0.15) is 0 Å². The van der Waals surface area contributed by atoms with Crippen LogP contribution in [0.15, 0.2) is 23.8 Å². The van der Waals surface area contributed by atoms with Gasteiger partial charge in [0, 0.05) is 5.92 Å². The SMILES string of the molecule is C=C(C)[C@@H]1C[C@@]2(C)C(=C[C@H]1O)C[C@@H](O)C[C@@H]2C. The molecule has 0 saturated heterocycles. The molecular weight excluding hydrogens is 212 g/mol. The molecule has 0 bridgehead atoms. The van der Waals surface area contributed by atoms with Crippen LogP contribution in [0.25, 0.3) is 0 Å². The van der Waals surface area contributed by atoms with Crippen molar-refractivity contribution in [1.82, 2.24) is 0 Å². The minimum Gasteiger partial charge on any atom is -0.393 e. The van der Waals surface area contributed by atoms with Gasteiger partial charge in [-0.05, 0) is 37.5 Å². The summed E-state index contributed by atoms with van der Waals surface area (Å²) in [5.74, 6) is 0.633. The maximum absolute atomic E-state index is 10.1. The number of aliphatic hydroxyl groups is 2. The average Bonchev–Trinajstić information content (AvgIpc) is 2.20. The Balaban J connectivity index is 2.35. The topological polar surface area (TPSA) is 40.5 Å². The van der Waals surface area contributed by atoms with Gasteiger partial charge in [-0.25, -0.2) is 0 Å². The van der Waals surface area contributed by atoms with Crippen molar-refractivity contribution in [2.45, 2.75) is 52.2 Å². The number of fused-ring (bicyclic) bond motifs is 1. The highest BCUT2D eigenvalue weighted by Crippen LogP contribution is 2.52. The lowest BCUT2D eigenvalue weighted by Gasteiger charge is -2.49. The van der Waals surface area contributed by atoms with Gasteiger partial charge >= 0.3 is 0 Å². The van der Waals surface area contributed by atoms with E-state index in [1.165, 1.54) is 5.57 Å². The summed E-state index contributed by atoms with van der Waals surface area (Å²) in [6.07, 6.45) is 3.87. The first-order valence-electron chi connectivity index (χ1n) is 6.57. The van der Waals surface area contributed by atoms with Crippen molar-refractivity contribution in [2.75, 3.05) is 0 Å². The van der Waals surface area contributed by atoms with E-state index in [2.05, 4.69) is 20.4 Å². The van der Waals surface area contributed by atoms with E-state index in [-0.39, 0.29) is 17.4 Å². The maximum Gasteiger partial charge on any atom is 0.0789 e. The Morgan fingerprint density at radius 1 is 1.47 bits per heavy atom. The van der Waals surface area contributed by atoms with E-state index >= 15 is 0 Å². The van der Waals surface area contributed by atoms with Gasteiger partial charge in [0.2, 0.25) is 0 Å². The molecule has 0 radical (unpaired) electrons. The summed E-state index contributed by atoms with van der Waals surface area (Å²) >= 11 is 0. The van der Waals surface area contributed by atoms with E-state index in [0.717, 1.165) is 24.8 Å². The van der Waals surface area contributed by atoms with Crippen LogP contribution in [-0.4, -0.2) is 22.4 Å². The quantitative estimate of drug-likeness (QED) is 0.687. The van der Waals surface area contributed by atoms with Crippen molar-refractivity contribution in [3.8, 4) is 0 Å².